The maximum absolute atomic E-state index is 11.5. The van der Waals surface area contributed by atoms with Gasteiger partial charge in [-0.3, -0.25) is 9.78 Å². The third-order valence-electron chi connectivity index (χ3n) is 3.01. The van der Waals surface area contributed by atoms with E-state index in [-0.39, 0.29) is 5.56 Å². The Morgan fingerprint density at radius 2 is 2.11 bits per heavy atom. The summed E-state index contributed by atoms with van der Waals surface area (Å²) in [7, 11) is 0. The molecule has 0 atom stereocenters. The Balaban J connectivity index is 2.37. The predicted octanol–water partition coefficient (Wildman–Crippen LogP) is 2.69. The summed E-state index contributed by atoms with van der Waals surface area (Å²) < 4.78 is 0. The maximum Gasteiger partial charge on any atom is 0.252 e. The summed E-state index contributed by atoms with van der Waals surface area (Å²) in [6.07, 6.45) is 0.741. The Morgan fingerprint density at radius 1 is 1.33 bits per heavy atom. The fraction of sp³-hybridized carbons (Fsp3) is 0.286. The molecule has 2 aromatic rings. The SMILES string of the molecule is CCc1cc(=O)[nH]c(Nc2cccc(C)c2C)n1. The Kier molecular flexibility index (Phi) is 3.46. The van der Waals surface area contributed by atoms with Gasteiger partial charge in [0.15, 0.2) is 0 Å². The lowest BCUT2D eigenvalue weighted by Gasteiger charge is -2.10. The minimum atomic E-state index is -0.130. The molecule has 0 saturated heterocycles. The second-order valence-electron chi connectivity index (χ2n) is 4.31. The van der Waals surface area contributed by atoms with Crippen LogP contribution in [0.25, 0.3) is 0 Å². The minimum Gasteiger partial charge on any atom is -0.325 e. The highest BCUT2D eigenvalue weighted by atomic mass is 16.1. The smallest absolute Gasteiger partial charge is 0.252 e. The van der Waals surface area contributed by atoms with Crippen LogP contribution in [0.4, 0.5) is 11.6 Å². The second kappa shape index (κ2) is 5.04. The topological polar surface area (TPSA) is 57.8 Å². The Morgan fingerprint density at radius 3 is 2.83 bits per heavy atom. The number of H-pyrrole nitrogens is 1. The number of aromatic amines is 1. The molecule has 1 aromatic carbocycles. The molecule has 0 spiro atoms. The van der Waals surface area contributed by atoms with E-state index in [1.54, 1.807) is 0 Å². The van der Waals surface area contributed by atoms with Crippen LogP contribution >= 0.6 is 0 Å². The number of rotatable bonds is 3. The molecule has 2 rings (SSSR count). The van der Waals surface area contributed by atoms with Crippen molar-refractivity contribution in [1.29, 1.82) is 0 Å². The first-order valence-electron chi connectivity index (χ1n) is 6.03. The summed E-state index contributed by atoms with van der Waals surface area (Å²) in [5.74, 6) is 0.494. The van der Waals surface area contributed by atoms with Crippen LogP contribution in [0.2, 0.25) is 0 Å². The molecule has 0 aliphatic carbocycles. The molecule has 94 valence electrons. The van der Waals surface area contributed by atoms with Gasteiger partial charge < -0.3 is 5.32 Å². The normalized spacial score (nSPS) is 10.4. The Labute approximate surface area is 106 Å². The van der Waals surface area contributed by atoms with Crippen molar-refractivity contribution in [1.82, 2.24) is 9.97 Å². The highest BCUT2D eigenvalue weighted by Crippen LogP contribution is 2.20. The zero-order chi connectivity index (χ0) is 13.1. The number of hydrogen-bond acceptors (Lipinski definition) is 3. The molecule has 0 aliphatic rings. The maximum atomic E-state index is 11.5. The van der Waals surface area contributed by atoms with Crippen molar-refractivity contribution in [2.75, 3.05) is 5.32 Å². The van der Waals surface area contributed by atoms with Gasteiger partial charge in [0.2, 0.25) is 5.95 Å². The van der Waals surface area contributed by atoms with Crippen LogP contribution in [0.1, 0.15) is 23.7 Å². The summed E-state index contributed by atoms with van der Waals surface area (Å²) in [5.41, 5.74) is 3.98. The van der Waals surface area contributed by atoms with Crippen molar-refractivity contribution in [2.24, 2.45) is 0 Å². The molecule has 0 fully saturated rings. The highest BCUT2D eigenvalue weighted by molar-refractivity contribution is 5.59. The van der Waals surface area contributed by atoms with Crippen molar-refractivity contribution in [3.8, 4) is 0 Å². The van der Waals surface area contributed by atoms with Crippen molar-refractivity contribution in [3.05, 3.63) is 51.4 Å². The Hall–Kier alpha value is -2.10. The molecular formula is C14H17N3O. The molecular weight excluding hydrogens is 226 g/mol. The van der Waals surface area contributed by atoms with Crippen molar-refractivity contribution in [3.63, 3.8) is 0 Å². The molecule has 0 radical (unpaired) electrons. The van der Waals surface area contributed by atoms with Crippen LogP contribution in [0, 0.1) is 13.8 Å². The second-order valence-corrected chi connectivity index (χ2v) is 4.31. The van der Waals surface area contributed by atoms with Crippen molar-refractivity contribution >= 4 is 11.6 Å². The summed E-state index contributed by atoms with van der Waals surface area (Å²) >= 11 is 0. The number of aryl methyl sites for hydroxylation is 2. The largest absolute Gasteiger partial charge is 0.325 e. The van der Waals surface area contributed by atoms with Crippen LogP contribution in [0.15, 0.2) is 29.1 Å². The first kappa shape index (κ1) is 12.4. The molecule has 4 nitrogen and oxygen atoms in total. The molecule has 4 heteroatoms. The van der Waals surface area contributed by atoms with E-state index in [0.29, 0.717) is 5.95 Å². The standard InChI is InChI=1S/C14H17N3O/c1-4-11-8-13(18)17-14(15-11)16-12-7-5-6-9(2)10(12)3/h5-8H,4H2,1-3H3,(H2,15,16,17,18). The average Bonchev–Trinajstić information content (AvgIpc) is 2.34. The van der Waals surface area contributed by atoms with Gasteiger partial charge in [0.25, 0.3) is 5.56 Å². The summed E-state index contributed by atoms with van der Waals surface area (Å²) in [4.78, 5) is 18.5. The number of nitrogens with zero attached hydrogens (tertiary/aromatic N) is 1. The fourth-order valence-electron chi connectivity index (χ4n) is 1.76. The number of anilines is 2. The molecule has 18 heavy (non-hydrogen) atoms. The van der Waals surface area contributed by atoms with Gasteiger partial charge in [-0.1, -0.05) is 19.1 Å². The first-order chi connectivity index (χ1) is 8.60. The van der Waals surface area contributed by atoms with Gasteiger partial charge in [-0.2, -0.15) is 0 Å². The van der Waals surface area contributed by atoms with Crippen LogP contribution in [0.5, 0.6) is 0 Å². The van der Waals surface area contributed by atoms with Crippen LogP contribution in [0.3, 0.4) is 0 Å². The van der Waals surface area contributed by atoms with Crippen molar-refractivity contribution < 1.29 is 0 Å². The molecule has 0 aliphatic heterocycles. The lowest BCUT2D eigenvalue weighted by molar-refractivity contribution is 0.985. The van der Waals surface area contributed by atoms with Gasteiger partial charge in [-0.25, -0.2) is 4.98 Å². The van der Waals surface area contributed by atoms with E-state index in [9.17, 15) is 4.79 Å². The van der Waals surface area contributed by atoms with E-state index in [1.807, 2.05) is 26.0 Å². The van der Waals surface area contributed by atoms with E-state index >= 15 is 0 Å². The van der Waals surface area contributed by atoms with Gasteiger partial charge in [-0.15, -0.1) is 0 Å². The number of aromatic nitrogens is 2. The zero-order valence-electron chi connectivity index (χ0n) is 10.9. The monoisotopic (exact) mass is 243 g/mol. The average molecular weight is 243 g/mol. The fourth-order valence-corrected chi connectivity index (χ4v) is 1.76. The third kappa shape index (κ3) is 2.59. The summed E-state index contributed by atoms with van der Waals surface area (Å²) in [6, 6.07) is 7.53. The van der Waals surface area contributed by atoms with E-state index in [4.69, 9.17) is 0 Å². The van der Waals surface area contributed by atoms with Gasteiger partial charge in [-0.05, 0) is 37.5 Å². The number of benzene rings is 1. The predicted molar refractivity (Wildman–Crippen MR) is 73.4 cm³/mol. The lowest BCUT2D eigenvalue weighted by atomic mass is 10.1. The first-order valence-corrected chi connectivity index (χ1v) is 6.03. The Bertz CT molecular complexity index is 617. The highest BCUT2D eigenvalue weighted by Gasteiger charge is 2.04. The van der Waals surface area contributed by atoms with Gasteiger partial charge in [0.05, 0.1) is 0 Å². The van der Waals surface area contributed by atoms with Gasteiger partial charge >= 0.3 is 0 Å². The molecule has 0 amide bonds. The molecule has 0 unspecified atom stereocenters. The van der Waals surface area contributed by atoms with E-state index in [1.165, 1.54) is 11.6 Å². The number of hydrogen-bond donors (Lipinski definition) is 2. The van der Waals surface area contributed by atoms with Crippen LogP contribution in [-0.2, 0) is 6.42 Å². The van der Waals surface area contributed by atoms with Crippen LogP contribution in [-0.4, -0.2) is 9.97 Å². The number of nitrogens with one attached hydrogen (secondary N) is 2. The summed E-state index contributed by atoms with van der Waals surface area (Å²) in [5, 5.41) is 3.16. The van der Waals surface area contributed by atoms with E-state index < -0.39 is 0 Å². The van der Waals surface area contributed by atoms with Gasteiger partial charge in [0, 0.05) is 17.4 Å². The zero-order valence-corrected chi connectivity index (χ0v) is 10.9. The lowest BCUT2D eigenvalue weighted by Crippen LogP contribution is -2.12. The molecule has 0 bridgehead atoms. The summed E-state index contributed by atoms with van der Waals surface area (Å²) in [6.45, 7) is 6.07. The molecule has 1 aromatic heterocycles. The third-order valence-corrected chi connectivity index (χ3v) is 3.01. The van der Waals surface area contributed by atoms with E-state index in [0.717, 1.165) is 23.4 Å². The molecule has 1 heterocycles. The molecule has 0 saturated carbocycles. The van der Waals surface area contributed by atoms with Crippen molar-refractivity contribution in [2.45, 2.75) is 27.2 Å². The van der Waals surface area contributed by atoms with E-state index in [2.05, 4.69) is 28.3 Å². The molecule has 2 N–H and O–H groups in total. The van der Waals surface area contributed by atoms with Crippen LogP contribution < -0.4 is 10.9 Å². The van der Waals surface area contributed by atoms with Gasteiger partial charge in [0.1, 0.15) is 0 Å². The minimum absolute atomic E-state index is 0.130. The quantitative estimate of drug-likeness (QED) is 0.871.